The molecule has 0 atom stereocenters. The average Bonchev–Trinajstić information content (AvgIpc) is 3.28. The van der Waals surface area contributed by atoms with Gasteiger partial charge < -0.3 is 13.7 Å². The van der Waals surface area contributed by atoms with Crippen LogP contribution in [0.3, 0.4) is 0 Å². The molecule has 2 heterocycles. The van der Waals surface area contributed by atoms with E-state index in [1.165, 1.54) is 5.56 Å². The van der Waals surface area contributed by atoms with Gasteiger partial charge in [0.1, 0.15) is 23.9 Å². The first-order valence-electron chi connectivity index (χ1n) is 8.66. The molecule has 130 valence electrons. The van der Waals surface area contributed by atoms with Crippen molar-refractivity contribution < 1.29 is 9.15 Å². The summed E-state index contributed by atoms with van der Waals surface area (Å²) < 4.78 is 13.5. The quantitative estimate of drug-likeness (QED) is 0.483. The highest BCUT2D eigenvalue weighted by Crippen LogP contribution is 2.19. The number of para-hydroxylation sites is 2. The highest BCUT2D eigenvalue weighted by Gasteiger charge is 2.08. The molecule has 0 spiro atoms. The van der Waals surface area contributed by atoms with Crippen LogP contribution in [-0.2, 0) is 6.54 Å². The third kappa shape index (κ3) is 3.54. The van der Waals surface area contributed by atoms with Gasteiger partial charge >= 0.3 is 0 Å². The fraction of sp³-hybridized carbons (Fsp3) is 0.136. The molecule has 4 aromatic rings. The Morgan fingerprint density at radius 2 is 1.96 bits per heavy atom. The molecule has 0 saturated heterocycles. The van der Waals surface area contributed by atoms with Gasteiger partial charge in [-0.1, -0.05) is 24.3 Å². The Kier molecular flexibility index (Phi) is 4.56. The lowest BCUT2D eigenvalue weighted by Crippen LogP contribution is -2.09. The standard InChI is InChI=1S/C22H20N2O2/c1-17-6-4-7-19(16-17)26-15-13-24-21-10-3-2-9-20(21)23-22(24)12-11-18-8-5-14-25-18/h2-12,14,16H,13,15H2,1H3/b12-11+. The molecular formula is C22H20N2O2. The normalized spacial score (nSPS) is 11.4. The first kappa shape index (κ1) is 16.2. The van der Waals surface area contributed by atoms with E-state index in [-0.39, 0.29) is 0 Å². The van der Waals surface area contributed by atoms with Crippen molar-refractivity contribution in [1.29, 1.82) is 0 Å². The predicted octanol–water partition coefficient (Wildman–Crippen LogP) is 5.19. The molecule has 0 radical (unpaired) electrons. The Hall–Kier alpha value is -3.27. The van der Waals surface area contributed by atoms with Crippen molar-refractivity contribution in [3.63, 3.8) is 0 Å². The molecule has 4 heteroatoms. The summed E-state index contributed by atoms with van der Waals surface area (Å²) >= 11 is 0. The summed E-state index contributed by atoms with van der Waals surface area (Å²) in [5, 5.41) is 0. The maximum Gasteiger partial charge on any atom is 0.134 e. The van der Waals surface area contributed by atoms with Gasteiger partial charge in [0, 0.05) is 0 Å². The van der Waals surface area contributed by atoms with Crippen molar-refractivity contribution in [2.75, 3.05) is 6.61 Å². The van der Waals surface area contributed by atoms with Crippen LogP contribution in [-0.4, -0.2) is 16.2 Å². The van der Waals surface area contributed by atoms with Crippen molar-refractivity contribution in [1.82, 2.24) is 9.55 Å². The van der Waals surface area contributed by atoms with Crippen LogP contribution in [0.25, 0.3) is 23.2 Å². The number of nitrogens with zero attached hydrogens (tertiary/aromatic N) is 2. The summed E-state index contributed by atoms with van der Waals surface area (Å²) in [5.74, 6) is 2.58. The molecule has 0 aliphatic rings. The number of aromatic nitrogens is 2. The number of aryl methyl sites for hydroxylation is 1. The zero-order valence-electron chi connectivity index (χ0n) is 14.6. The number of hydrogen-bond acceptors (Lipinski definition) is 3. The maximum atomic E-state index is 5.92. The molecule has 2 aromatic carbocycles. The highest BCUT2D eigenvalue weighted by molar-refractivity contribution is 5.79. The number of ether oxygens (including phenoxy) is 1. The minimum absolute atomic E-state index is 0.575. The van der Waals surface area contributed by atoms with Crippen molar-refractivity contribution in [3.8, 4) is 5.75 Å². The van der Waals surface area contributed by atoms with Gasteiger partial charge in [0.05, 0.1) is 23.8 Å². The number of imidazole rings is 1. The fourth-order valence-electron chi connectivity index (χ4n) is 2.96. The minimum Gasteiger partial charge on any atom is -0.492 e. The third-order valence-electron chi connectivity index (χ3n) is 4.20. The van der Waals surface area contributed by atoms with Gasteiger partial charge in [-0.05, 0) is 61.0 Å². The Morgan fingerprint density at radius 3 is 2.81 bits per heavy atom. The van der Waals surface area contributed by atoms with Crippen molar-refractivity contribution in [3.05, 3.63) is 84.1 Å². The highest BCUT2D eigenvalue weighted by atomic mass is 16.5. The van der Waals surface area contributed by atoms with E-state index in [4.69, 9.17) is 14.1 Å². The number of furan rings is 1. The number of fused-ring (bicyclic) bond motifs is 1. The predicted molar refractivity (Wildman–Crippen MR) is 104 cm³/mol. The molecule has 0 bridgehead atoms. The lowest BCUT2D eigenvalue weighted by atomic mass is 10.2. The minimum atomic E-state index is 0.575. The molecule has 0 aliphatic carbocycles. The monoisotopic (exact) mass is 344 g/mol. The van der Waals surface area contributed by atoms with E-state index in [2.05, 4.69) is 23.6 Å². The molecule has 0 saturated carbocycles. The van der Waals surface area contributed by atoms with Crippen LogP contribution >= 0.6 is 0 Å². The van der Waals surface area contributed by atoms with Gasteiger partial charge in [0.25, 0.3) is 0 Å². The van der Waals surface area contributed by atoms with Gasteiger partial charge in [-0.2, -0.15) is 0 Å². The van der Waals surface area contributed by atoms with Crippen molar-refractivity contribution in [2.45, 2.75) is 13.5 Å². The van der Waals surface area contributed by atoms with Crippen molar-refractivity contribution in [2.24, 2.45) is 0 Å². The van der Waals surface area contributed by atoms with Crippen LogP contribution in [0.1, 0.15) is 17.1 Å². The molecule has 0 aliphatic heterocycles. The number of hydrogen-bond donors (Lipinski definition) is 0. The molecule has 0 fully saturated rings. The number of benzene rings is 2. The van der Waals surface area contributed by atoms with Crippen LogP contribution in [0.2, 0.25) is 0 Å². The van der Waals surface area contributed by atoms with Crippen LogP contribution in [0, 0.1) is 6.92 Å². The fourth-order valence-corrected chi connectivity index (χ4v) is 2.96. The maximum absolute atomic E-state index is 5.92. The van der Waals surface area contributed by atoms with E-state index in [9.17, 15) is 0 Å². The molecule has 4 rings (SSSR count). The van der Waals surface area contributed by atoms with Crippen LogP contribution in [0.15, 0.2) is 71.3 Å². The first-order chi connectivity index (χ1) is 12.8. The van der Waals surface area contributed by atoms with Gasteiger partial charge in [0.2, 0.25) is 0 Å². The smallest absolute Gasteiger partial charge is 0.134 e. The largest absolute Gasteiger partial charge is 0.492 e. The Labute approximate surface area is 152 Å². The molecule has 2 aromatic heterocycles. The summed E-state index contributed by atoms with van der Waals surface area (Å²) in [6.07, 6.45) is 5.57. The summed E-state index contributed by atoms with van der Waals surface area (Å²) in [7, 11) is 0. The zero-order valence-corrected chi connectivity index (χ0v) is 14.6. The summed E-state index contributed by atoms with van der Waals surface area (Å²) in [6, 6.07) is 20.0. The van der Waals surface area contributed by atoms with Gasteiger partial charge in [-0.3, -0.25) is 0 Å². The number of rotatable bonds is 6. The van der Waals surface area contributed by atoms with Crippen LogP contribution in [0.5, 0.6) is 5.75 Å². The Balaban J connectivity index is 1.57. The molecule has 0 N–H and O–H groups in total. The van der Waals surface area contributed by atoms with E-state index in [1.807, 2.05) is 60.7 Å². The Bertz CT molecular complexity index is 1030. The van der Waals surface area contributed by atoms with Gasteiger partial charge in [0.15, 0.2) is 0 Å². The van der Waals surface area contributed by atoms with Gasteiger partial charge in [-0.15, -0.1) is 0 Å². The second-order valence-corrected chi connectivity index (χ2v) is 6.12. The van der Waals surface area contributed by atoms with E-state index in [1.54, 1.807) is 6.26 Å². The molecule has 0 unspecified atom stereocenters. The van der Waals surface area contributed by atoms with E-state index >= 15 is 0 Å². The van der Waals surface area contributed by atoms with E-state index in [0.717, 1.165) is 28.4 Å². The van der Waals surface area contributed by atoms with Crippen LogP contribution in [0.4, 0.5) is 0 Å². The summed E-state index contributed by atoms with van der Waals surface area (Å²) in [5.41, 5.74) is 3.26. The zero-order chi connectivity index (χ0) is 17.8. The Morgan fingerprint density at radius 1 is 1.04 bits per heavy atom. The molecule has 4 nitrogen and oxygen atoms in total. The second kappa shape index (κ2) is 7.31. The van der Waals surface area contributed by atoms with Crippen LogP contribution < -0.4 is 4.74 Å². The lowest BCUT2D eigenvalue weighted by molar-refractivity contribution is 0.299. The van der Waals surface area contributed by atoms with E-state index in [0.29, 0.717) is 13.2 Å². The topological polar surface area (TPSA) is 40.2 Å². The summed E-state index contributed by atoms with van der Waals surface area (Å²) in [6.45, 7) is 3.35. The average molecular weight is 344 g/mol. The molecule has 26 heavy (non-hydrogen) atoms. The SMILES string of the molecule is Cc1cccc(OCCn2c(/C=C/c3ccco3)nc3ccccc32)c1. The van der Waals surface area contributed by atoms with Crippen molar-refractivity contribution >= 4 is 23.2 Å². The second-order valence-electron chi connectivity index (χ2n) is 6.12. The third-order valence-corrected chi connectivity index (χ3v) is 4.20. The molecular weight excluding hydrogens is 324 g/mol. The first-order valence-corrected chi connectivity index (χ1v) is 8.66. The lowest BCUT2D eigenvalue weighted by Gasteiger charge is -2.10. The van der Waals surface area contributed by atoms with Gasteiger partial charge in [-0.25, -0.2) is 4.98 Å². The van der Waals surface area contributed by atoms with E-state index < -0.39 is 0 Å². The molecule has 0 amide bonds. The summed E-state index contributed by atoms with van der Waals surface area (Å²) in [4.78, 5) is 4.73.